The number of nitrogens with zero attached hydrogens (tertiary/aromatic N) is 2. The molecule has 6 aromatic carbocycles. The zero-order valence-electron chi connectivity index (χ0n) is 38.9. The number of Topliss-reactive ketones (excluding diaryl/α,β-unsaturated/α-hetero) is 3. The highest BCUT2D eigenvalue weighted by Gasteiger charge is 2.33. The second-order valence-electron chi connectivity index (χ2n) is 17.0. The maximum atomic E-state index is 12.9. The third kappa shape index (κ3) is 12.6. The van der Waals surface area contributed by atoms with Crippen LogP contribution >= 0.6 is 23.2 Å². The molecule has 6 aromatic rings. The fourth-order valence-electron chi connectivity index (χ4n) is 8.23. The number of nitrogens with two attached hydrogens (primary N) is 2. The van der Waals surface area contributed by atoms with Gasteiger partial charge in [0.05, 0.1) is 42.9 Å². The monoisotopic (exact) mass is 986 g/mol. The summed E-state index contributed by atoms with van der Waals surface area (Å²) in [6.45, 7) is 3.32. The van der Waals surface area contributed by atoms with Gasteiger partial charge in [-0.25, -0.2) is 0 Å². The van der Waals surface area contributed by atoms with Crippen molar-refractivity contribution in [2.24, 2.45) is 21.5 Å². The van der Waals surface area contributed by atoms with Crippen molar-refractivity contribution in [3.8, 4) is 11.5 Å². The standard InChI is InChI=1S/C19H15ClF3NO.C19H18ClNO2.C18H18N2O2/c20-16-6-1-11(9-15(16)19(21,22)23)2-8-18(25)13-4-3-12-5-7-17(24)14(12)10-13;1-12-16-10-14(5-6-15(16)11-21-12)18(22)7-3-13-4-8-19(23-2)17(20)9-13;1-22-15-7-2-12(3-8-15)4-9-17(21)13-5-6-14-11-20-18(19)16(14)10-13/h1,3-4,6-7,9-10H,2,5,8,24H2;4-6,8-10H,3,7,11H2,1-2H3;2-3,5-8,10H,4,9,11H2,1H3,(H2,19,20). The van der Waals surface area contributed by atoms with Crippen LogP contribution in [0.1, 0.15) is 113 Å². The lowest BCUT2D eigenvalue weighted by Gasteiger charge is -2.11. The maximum absolute atomic E-state index is 12.9. The van der Waals surface area contributed by atoms with Gasteiger partial charge in [-0.1, -0.05) is 89.9 Å². The second-order valence-corrected chi connectivity index (χ2v) is 17.8. The molecule has 0 saturated carbocycles. The number of alkyl halides is 3. The van der Waals surface area contributed by atoms with Crippen LogP contribution in [0.15, 0.2) is 131 Å². The third-order valence-corrected chi connectivity index (χ3v) is 13.0. The van der Waals surface area contributed by atoms with Crippen LogP contribution in [0, 0.1) is 0 Å². The van der Waals surface area contributed by atoms with Crippen LogP contribution in [0.2, 0.25) is 10.0 Å². The van der Waals surface area contributed by atoms with Crippen LogP contribution in [-0.2, 0) is 44.9 Å². The van der Waals surface area contributed by atoms with Crippen molar-refractivity contribution in [2.75, 3.05) is 14.2 Å². The first-order valence-corrected chi connectivity index (χ1v) is 23.3. The first-order valence-electron chi connectivity index (χ1n) is 22.6. The fraction of sp³-hybridized carbons (Fsp3) is 0.232. The summed E-state index contributed by atoms with van der Waals surface area (Å²) in [5.74, 6) is 2.13. The Morgan fingerprint density at radius 1 is 0.586 bits per heavy atom. The van der Waals surface area contributed by atoms with Gasteiger partial charge < -0.3 is 20.9 Å². The lowest BCUT2D eigenvalue weighted by Crippen LogP contribution is -2.12. The summed E-state index contributed by atoms with van der Waals surface area (Å²) in [5.41, 5.74) is 23.2. The highest BCUT2D eigenvalue weighted by Crippen LogP contribution is 2.36. The lowest BCUT2D eigenvalue weighted by molar-refractivity contribution is -0.137. The Labute approximate surface area is 415 Å². The van der Waals surface area contributed by atoms with Gasteiger partial charge in [0.25, 0.3) is 0 Å². The van der Waals surface area contributed by atoms with E-state index in [1.54, 1.807) is 26.4 Å². The summed E-state index contributed by atoms with van der Waals surface area (Å²) >= 11 is 11.7. The quantitative estimate of drug-likeness (QED) is 0.103. The first-order chi connectivity index (χ1) is 33.5. The number of rotatable bonds is 14. The molecule has 3 aliphatic rings. The number of benzene rings is 6. The van der Waals surface area contributed by atoms with Crippen molar-refractivity contribution >= 4 is 57.8 Å². The number of hydrogen-bond acceptors (Lipinski definition) is 9. The van der Waals surface area contributed by atoms with Gasteiger partial charge in [-0.3, -0.25) is 24.4 Å². The van der Waals surface area contributed by atoms with Gasteiger partial charge in [0.15, 0.2) is 17.3 Å². The number of methoxy groups -OCH3 is 2. The molecular formula is C56H51Cl2F3N4O5. The van der Waals surface area contributed by atoms with Crippen molar-refractivity contribution in [3.05, 3.63) is 204 Å². The Kier molecular flexibility index (Phi) is 16.4. The van der Waals surface area contributed by atoms with Gasteiger partial charge >= 0.3 is 6.18 Å². The van der Waals surface area contributed by atoms with Gasteiger partial charge in [0, 0.05) is 64.1 Å². The molecule has 1 aliphatic carbocycles. The zero-order valence-corrected chi connectivity index (χ0v) is 40.4. The normalized spacial score (nSPS) is 13.0. The summed E-state index contributed by atoms with van der Waals surface area (Å²) < 4.78 is 48.9. The van der Waals surface area contributed by atoms with Crippen LogP contribution in [0.4, 0.5) is 13.2 Å². The zero-order chi connectivity index (χ0) is 50.1. The van der Waals surface area contributed by atoms with E-state index in [9.17, 15) is 27.6 Å². The minimum atomic E-state index is -4.51. The van der Waals surface area contributed by atoms with E-state index in [2.05, 4.69) is 9.98 Å². The molecule has 0 aromatic heterocycles. The topological polar surface area (TPSA) is 146 Å². The molecule has 9 nitrogen and oxygen atoms in total. The molecule has 0 fully saturated rings. The average Bonchev–Trinajstić information content (AvgIpc) is 4.06. The summed E-state index contributed by atoms with van der Waals surface area (Å²) in [4.78, 5) is 45.7. The predicted octanol–water partition coefficient (Wildman–Crippen LogP) is 12.2. The first kappa shape index (κ1) is 50.8. The van der Waals surface area contributed by atoms with Crippen LogP contribution in [-0.4, -0.2) is 43.1 Å². The van der Waals surface area contributed by atoms with Crippen molar-refractivity contribution in [1.29, 1.82) is 0 Å². The van der Waals surface area contributed by atoms with E-state index in [1.807, 2.05) is 97.9 Å². The van der Waals surface area contributed by atoms with E-state index in [0.717, 1.165) is 75.0 Å². The predicted molar refractivity (Wildman–Crippen MR) is 271 cm³/mol. The molecule has 360 valence electrons. The minimum Gasteiger partial charge on any atom is -0.497 e. The number of halogens is 5. The molecule has 0 atom stereocenters. The van der Waals surface area contributed by atoms with Crippen LogP contribution < -0.4 is 20.9 Å². The molecule has 70 heavy (non-hydrogen) atoms. The molecule has 0 saturated heterocycles. The molecule has 4 N–H and O–H groups in total. The van der Waals surface area contributed by atoms with E-state index in [-0.39, 0.29) is 35.2 Å². The summed E-state index contributed by atoms with van der Waals surface area (Å²) in [6.07, 6.45) is 0.756. The van der Waals surface area contributed by atoms with Gasteiger partial charge in [-0.05, 0) is 121 Å². The Morgan fingerprint density at radius 3 is 1.69 bits per heavy atom. The number of ether oxygens (including phenoxy) is 2. The van der Waals surface area contributed by atoms with E-state index < -0.39 is 11.7 Å². The van der Waals surface area contributed by atoms with E-state index in [1.165, 1.54) is 17.7 Å². The molecule has 0 spiro atoms. The van der Waals surface area contributed by atoms with E-state index >= 15 is 0 Å². The SMILES string of the molecule is COc1ccc(CCC(=O)c2ccc3c(c2)C(C)=NC3)cc1Cl.COc1ccc(CCC(=O)c2ccc3c(c2)C(N)=NC3)cc1.NC1=CCc2ccc(C(=O)CCc3ccc(Cl)c(C(F)(F)F)c3)cc21. The maximum Gasteiger partial charge on any atom is 0.417 e. The van der Waals surface area contributed by atoms with Crippen LogP contribution in [0.25, 0.3) is 5.70 Å². The summed E-state index contributed by atoms with van der Waals surface area (Å²) in [5, 5.41) is 0.227. The molecule has 9 rings (SSSR count). The van der Waals surface area contributed by atoms with Crippen LogP contribution in [0.5, 0.6) is 11.5 Å². The van der Waals surface area contributed by atoms with E-state index in [4.69, 9.17) is 44.1 Å². The van der Waals surface area contributed by atoms with Crippen molar-refractivity contribution in [1.82, 2.24) is 0 Å². The minimum absolute atomic E-state index is 0.112. The number of hydrogen-bond donors (Lipinski definition) is 2. The number of carbonyl (C=O) groups is 3. The molecule has 14 heteroatoms. The van der Waals surface area contributed by atoms with Crippen molar-refractivity contribution in [2.45, 2.75) is 71.1 Å². The van der Waals surface area contributed by atoms with Crippen LogP contribution in [0.3, 0.4) is 0 Å². The molecule has 0 radical (unpaired) electrons. The molecule has 2 aliphatic heterocycles. The summed E-state index contributed by atoms with van der Waals surface area (Å²) in [6, 6.07) is 34.0. The number of fused-ring (bicyclic) bond motifs is 3. The number of aliphatic imine (C=N–C) groups is 2. The number of amidine groups is 1. The fourth-order valence-corrected chi connectivity index (χ4v) is 8.74. The lowest BCUT2D eigenvalue weighted by atomic mass is 9.98. The Bertz CT molecular complexity index is 3050. The van der Waals surface area contributed by atoms with Gasteiger partial charge in [-0.2, -0.15) is 13.2 Å². The van der Waals surface area contributed by atoms with Crippen molar-refractivity contribution in [3.63, 3.8) is 0 Å². The molecule has 2 heterocycles. The average molecular weight is 988 g/mol. The largest absolute Gasteiger partial charge is 0.497 e. The Hall–Kier alpha value is -7.02. The highest BCUT2D eigenvalue weighted by molar-refractivity contribution is 6.32. The van der Waals surface area contributed by atoms with Gasteiger partial charge in [0.1, 0.15) is 17.3 Å². The second kappa shape index (κ2) is 22.6. The van der Waals surface area contributed by atoms with Gasteiger partial charge in [0.2, 0.25) is 0 Å². The van der Waals surface area contributed by atoms with Crippen molar-refractivity contribution < 1.29 is 37.0 Å². The number of aryl methyl sites for hydroxylation is 3. The Morgan fingerprint density at radius 2 is 1.10 bits per heavy atom. The Balaban J connectivity index is 0.000000155. The smallest absolute Gasteiger partial charge is 0.417 e. The molecule has 0 amide bonds. The third-order valence-electron chi connectivity index (χ3n) is 12.4. The number of ketones is 3. The highest BCUT2D eigenvalue weighted by atomic mass is 35.5. The number of carbonyl (C=O) groups excluding carboxylic acids is 3. The van der Waals surface area contributed by atoms with Gasteiger partial charge in [-0.15, -0.1) is 0 Å². The molecule has 0 unspecified atom stereocenters. The van der Waals surface area contributed by atoms with E-state index in [0.29, 0.717) is 71.2 Å². The molecule has 0 bridgehead atoms. The summed E-state index contributed by atoms with van der Waals surface area (Å²) in [7, 11) is 3.23. The molecular weight excluding hydrogens is 937 g/mol. The number of allylic oxidation sites excluding steroid dienone is 1.